The minimum absolute atomic E-state index is 0.168. The monoisotopic (exact) mass is 224 g/mol. The molecule has 5 heteroatoms. The first kappa shape index (κ1) is 12.5. The van der Waals surface area contributed by atoms with Crippen molar-refractivity contribution >= 4 is 6.09 Å². The first-order valence-corrected chi connectivity index (χ1v) is 5.03. The Labute approximate surface area is 94.2 Å². The lowest BCUT2D eigenvalue weighted by molar-refractivity contribution is 0.138. The van der Waals surface area contributed by atoms with Gasteiger partial charge >= 0.3 is 6.09 Å². The molecule has 88 valence electrons. The predicted octanol–water partition coefficient (Wildman–Crippen LogP) is 0.232. The van der Waals surface area contributed by atoms with Gasteiger partial charge in [0.05, 0.1) is 6.61 Å². The molecular weight excluding hydrogens is 208 g/mol. The SMILES string of the molecule is NC(CO)CNC(=O)OCc1ccccc1. The Balaban J connectivity index is 2.20. The molecule has 0 spiro atoms. The number of benzene rings is 1. The van der Waals surface area contributed by atoms with Gasteiger partial charge in [-0.2, -0.15) is 0 Å². The van der Waals surface area contributed by atoms with E-state index >= 15 is 0 Å². The van der Waals surface area contributed by atoms with E-state index in [2.05, 4.69) is 5.32 Å². The van der Waals surface area contributed by atoms with Gasteiger partial charge in [0.1, 0.15) is 6.61 Å². The molecule has 0 radical (unpaired) electrons. The largest absolute Gasteiger partial charge is 0.445 e. The summed E-state index contributed by atoms with van der Waals surface area (Å²) in [5.41, 5.74) is 6.33. The zero-order chi connectivity index (χ0) is 11.8. The number of rotatable bonds is 5. The van der Waals surface area contributed by atoms with Crippen LogP contribution in [0.4, 0.5) is 4.79 Å². The topological polar surface area (TPSA) is 84.6 Å². The lowest BCUT2D eigenvalue weighted by Crippen LogP contribution is -2.39. The Morgan fingerprint density at radius 1 is 1.44 bits per heavy atom. The maximum Gasteiger partial charge on any atom is 0.407 e. The van der Waals surface area contributed by atoms with Crippen LogP contribution >= 0.6 is 0 Å². The highest BCUT2D eigenvalue weighted by atomic mass is 16.5. The second-order valence-electron chi connectivity index (χ2n) is 3.39. The molecule has 5 nitrogen and oxygen atoms in total. The smallest absolute Gasteiger partial charge is 0.407 e. The van der Waals surface area contributed by atoms with Crippen LogP contribution in [0.1, 0.15) is 5.56 Å². The maximum atomic E-state index is 11.2. The predicted molar refractivity (Wildman–Crippen MR) is 59.7 cm³/mol. The zero-order valence-electron chi connectivity index (χ0n) is 8.93. The number of alkyl carbamates (subject to hydrolysis) is 1. The third-order valence-electron chi connectivity index (χ3n) is 1.96. The molecule has 1 unspecified atom stereocenters. The van der Waals surface area contributed by atoms with Crippen molar-refractivity contribution in [3.05, 3.63) is 35.9 Å². The number of hydrogen-bond acceptors (Lipinski definition) is 4. The highest BCUT2D eigenvalue weighted by Gasteiger charge is 2.05. The van der Waals surface area contributed by atoms with Crippen molar-refractivity contribution in [2.75, 3.05) is 13.2 Å². The molecule has 1 atom stereocenters. The Kier molecular flexibility index (Phi) is 5.31. The summed E-state index contributed by atoms with van der Waals surface area (Å²) < 4.78 is 4.94. The maximum absolute atomic E-state index is 11.2. The van der Waals surface area contributed by atoms with Crippen LogP contribution in [0, 0.1) is 0 Å². The fourth-order valence-corrected chi connectivity index (χ4v) is 1.05. The molecular formula is C11H16N2O3. The Bertz CT molecular complexity index is 316. The second kappa shape index (κ2) is 6.81. The van der Waals surface area contributed by atoms with Crippen LogP contribution in [0.25, 0.3) is 0 Å². The summed E-state index contributed by atoms with van der Waals surface area (Å²) in [5, 5.41) is 11.1. The standard InChI is InChI=1S/C11H16N2O3/c12-10(7-14)6-13-11(15)16-8-9-4-2-1-3-5-9/h1-5,10,14H,6-8,12H2,(H,13,15). The van der Waals surface area contributed by atoms with Crippen molar-refractivity contribution in [1.82, 2.24) is 5.32 Å². The van der Waals surface area contributed by atoms with Gasteiger partial charge in [0.25, 0.3) is 0 Å². The van der Waals surface area contributed by atoms with E-state index in [1.165, 1.54) is 0 Å². The van der Waals surface area contributed by atoms with Crippen LogP contribution in [0.5, 0.6) is 0 Å². The van der Waals surface area contributed by atoms with Crippen LogP contribution < -0.4 is 11.1 Å². The van der Waals surface area contributed by atoms with Crippen LogP contribution in [0.3, 0.4) is 0 Å². The van der Waals surface area contributed by atoms with Crippen LogP contribution in [0.2, 0.25) is 0 Å². The quantitative estimate of drug-likeness (QED) is 0.668. The average Bonchev–Trinajstić information content (AvgIpc) is 2.34. The third-order valence-corrected chi connectivity index (χ3v) is 1.96. The average molecular weight is 224 g/mol. The van der Waals surface area contributed by atoms with Gasteiger partial charge in [-0.05, 0) is 5.56 Å². The molecule has 16 heavy (non-hydrogen) atoms. The molecule has 0 aliphatic rings. The fourth-order valence-electron chi connectivity index (χ4n) is 1.05. The van der Waals surface area contributed by atoms with E-state index in [-0.39, 0.29) is 19.8 Å². The van der Waals surface area contributed by atoms with Gasteiger partial charge in [0, 0.05) is 12.6 Å². The minimum Gasteiger partial charge on any atom is -0.445 e. The lowest BCUT2D eigenvalue weighted by Gasteiger charge is -2.10. The van der Waals surface area contributed by atoms with Gasteiger partial charge in [-0.15, -0.1) is 0 Å². The first-order chi connectivity index (χ1) is 7.72. The van der Waals surface area contributed by atoms with E-state index < -0.39 is 12.1 Å². The lowest BCUT2D eigenvalue weighted by atomic mass is 10.2. The van der Waals surface area contributed by atoms with E-state index in [4.69, 9.17) is 15.6 Å². The summed E-state index contributed by atoms with van der Waals surface area (Å²) in [4.78, 5) is 11.2. The molecule has 0 saturated carbocycles. The molecule has 0 bridgehead atoms. The number of aliphatic hydroxyl groups is 1. The highest BCUT2D eigenvalue weighted by Crippen LogP contribution is 2.00. The minimum atomic E-state index is -0.534. The van der Waals surface area contributed by atoms with E-state index in [0.29, 0.717) is 0 Å². The van der Waals surface area contributed by atoms with Crippen LogP contribution in [-0.2, 0) is 11.3 Å². The molecule has 1 rings (SSSR count). The number of carbonyl (C=O) groups is 1. The normalized spacial score (nSPS) is 11.9. The zero-order valence-corrected chi connectivity index (χ0v) is 8.93. The number of nitrogens with two attached hydrogens (primary N) is 1. The van der Waals surface area contributed by atoms with E-state index in [0.717, 1.165) is 5.56 Å². The van der Waals surface area contributed by atoms with E-state index in [9.17, 15) is 4.79 Å². The second-order valence-corrected chi connectivity index (χ2v) is 3.39. The molecule has 0 aliphatic heterocycles. The Morgan fingerprint density at radius 3 is 2.75 bits per heavy atom. The fraction of sp³-hybridized carbons (Fsp3) is 0.364. The van der Waals surface area contributed by atoms with E-state index in [1.54, 1.807) is 0 Å². The van der Waals surface area contributed by atoms with Gasteiger partial charge in [-0.1, -0.05) is 30.3 Å². The highest BCUT2D eigenvalue weighted by molar-refractivity contribution is 5.67. The summed E-state index contributed by atoms with van der Waals surface area (Å²) in [6, 6.07) is 8.92. The van der Waals surface area contributed by atoms with Crippen molar-refractivity contribution in [1.29, 1.82) is 0 Å². The molecule has 0 aliphatic carbocycles. The summed E-state index contributed by atoms with van der Waals surface area (Å²) in [5.74, 6) is 0. The van der Waals surface area contributed by atoms with Crippen LogP contribution in [0.15, 0.2) is 30.3 Å². The van der Waals surface area contributed by atoms with Gasteiger partial charge < -0.3 is 20.9 Å². The first-order valence-electron chi connectivity index (χ1n) is 5.03. The Hall–Kier alpha value is -1.59. The third kappa shape index (κ3) is 4.77. The van der Waals surface area contributed by atoms with Crippen molar-refractivity contribution in [2.24, 2.45) is 5.73 Å². The molecule has 4 N–H and O–H groups in total. The number of amides is 1. The molecule has 1 amide bonds. The van der Waals surface area contributed by atoms with Gasteiger partial charge in [0.2, 0.25) is 0 Å². The summed E-state index contributed by atoms with van der Waals surface area (Å²) in [6.45, 7) is 0.254. The molecule has 0 fully saturated rings. The molecule has 1 aromatic rings. The summed E-state index contributed by atoms with van der Waals surface area (Å²) in [6.07, 6.45) is -0.534. The number of carbonyl (C=O) groups excluding carboxylic acids is 1. The Morgan fingerprint density at radius 2 is 2.12 bits per heavy atom. The van der Waals surface area contributed by atoms with Crippen molar-refractivity contribution in [3.8, 4) is 0 Å². The summed E-state index contributed by atoms with van der Waals surface area (Å²) in [7, 11) is 0. The summed E-state index contributed by atoms with van der Waals surface area (Å²) >= 11 is 0. The molecule has 0 heterocycles. The molecule has 0 aromatic heterocycles. The van der Waals surface area contributed by atoms with Gasteiger partial charge in [0.15, 0.2) is 0 Å². The number of hydrogen-bond donors (Lipinski definition) is 3. The van der Waals surface area contributed by atoms with Crippen molar-refractivity contribution in [3.63, 3.8) is 0 Å². The van der Waals surface area contributed by atoms with Crippen LogP contribution in [-0.4, -0.2) is 30.4 Å². The number of aliphatic hydroxyl groups excluding tert-OH is 1. The number of nitrogens with one attached hydrogen (secondary N) is 1. The molecule has 0 saturated heterocycles. The van der Waals surface area contributed by atoms with Crippen molar-refractivity contribution in [2.45, 2.75) is 12.6 Å². The molecule has 1 aromatic carbocycles. The number of ether oxygens (including phenoxy) is 1. The van der Waals surface area contributed by atoms with Gasteiger partial charge in [-0.3, -0.25) is 0 Å². The van der Waals surface area contributed by atoms with E-state index in [1.807, 2.05) is 30.3 Å². The van der Waals surface area contributed by atoms with Crippen molar-refractivity contribution < 1.29 is 14.6 Å². The van der Waals surface area contributed by atoms with Gasteiger partial charge in [-0.25, -0.2) is 4.79 Å².